The Morgan fingerprint density at radius 2 is 2.05 bits per heavy atom. The second-order valence-electron chi connectivity index (χ2n) is 5.16. The van der Waals surface area contributed by atoms with Crippen LogP contribution in [0.2, 0.25) is 0 Å². The van der Waals surface area contributed by atoms with Crippen molar-refractivity contribution in [3.8, 4) is 0 Å². The average Bonchev–Trinajstić information content (AvgIpc) is 2.62. The minimum atomic E-state index is -4.52. The summed E-state index contributed by atoms with van der Waals surface area (Å²) < 4.78 is 42.9. The molecule has 1 heterocycles. The van der Waals surface area contributed by atoms with Crippen LogP contribution in [0.5, 0.6) is 0 Å². The highest BCUT2D eigenvalue weighted by molar-refractivity contribution is 5.57. The van der Waals surface area contributed by atoms with Crippen LogP contribution in [-0.4, -0.2) is 27.1 Å². The number of halogens is 3. The highest BCUT2D eigenvalue weighted by Gasteiger charge is 2.34. The molecule has 0 amide bonds. The van der Waals surface area contributed by atoms with E-state index in [1.807, 2.05) is 0 Å². The summed E-state index contributed by atoms with van der Waals surface area (Å²) in [5.74, 6) is 0. The Labute approximate surface area is 108 Å². The van der Waals surface area contributed by atoms with Gasteiger partial charge in [-0.25, -0.2) is 4.79 Å². The second kappa shape index (κ2) is 5.10. The van der Waals surface area contributed by atoms with Crippen LogP contribution in [0.4, 0.5) is 18.0 Å². The van der Waals surface area contributed by atoms with Crippen molar-refractivity contribution in [1.29, 1.82) is 0 Å². The van der Waals surface area contributed by atoms with Crippen molar-refractivity contribution in [2.24, 2.45) is 5.41 Å². The van der Waals surface area contributed by atoms with Crippen molar-refractivity contribution in [2.75, 3.05) is 0 Å². The van der Waals surface area contributed by atoms with Gasteiger partial charge in [-0.2, -0.15) is 18.3 Å². The van der Waals surface area contributed by atoms with Crippen LogP contribution >= 0.6 is 0 Å². The number of hydrogen-bond donors (Lipinski definition) is 1. The first-order valence-corrected chi connectivity index (χ1v) is 5.50. The molecule has 0 aromatic carbocycles. The molecule has 5 nitrogen and oxygen atoms in total. The highest BCUT2D eigenvalue weighted by Crippen LogP contribution is 2.28. The fraction of sp³-hybridized carbons (Fsp3) is 0.636. The van der Waals surface area contributed by atoms with Gasteiger partial charge in [-0.1, -0.05) is 20.8 Å². The molecule has 1 rings (SSSR count). The molecule has 1 N–H and O–H groups in total. The van der Waals surface area contributed by atoms with Gasteiger partial charge in [0.1, 0.15) is 6.10 Å². The number of nitrogens with zero attached hydrogens (tertiary/aromatic N) is 2. The van der Waals surface area contributed by atoms with Gasteiger partial charge in [-0.15, -0.1) is 0 Å². The smallest absolute Gasteiger partial charge is 0.450 e. The van der Waals surface area contributed by atoms with E-state index < -0.39 is 29.5 Å². The third kappa shape index (κ3) is 4.46. The molecule has 0 saturated heterocycles. The first-order valence-electron chi connectivity index (χ1n) is 5.50. The van der Waals surface area contributed by atoms with Gasteiger partial charge < -0.3 is 9.84 Å². The Kier molecular flexibility index (Phi) is 4.12. The van der Waals surface area contributed by atoms with Crippen molar-refractivity contribution >= 4 is 6.16 Å². The maximum absolute atomic E-state index is 12.4. The van der Waals surface area contributed by atoms with E-state index in [-0.39, 0.29) is 6.54 Å². The van der Waals surface area contributed by atoms with Gasteiger partial charge in [0.15, 0.2) is 5.69 Å². The Bertz CT molecular complexity index is 449. The lowest BCUT2D eigenvalue weighted by Crippen LogP contribution is -2.35. The zero-order valence-electron chi connectivity index (χ0n) is 10.7. The topological polar surface area (TPSA) is 64.4 Å². The Morgan fingerprint density at radius 1 is 1.47 bits per heavy atom. The summed E-state index contributed by atoms with van der Waals surface area (Å²) in [6.07, 6.45) is -5.64. The lowest BCUT2D eigenvalue weighted by Gasteiger charge is -2.28. The summed E-state index contributed by atoms with van der Waals surface area (Å²) in [4.78, 5) is 10.6. The van der Waals surface area contributed by atoms with Crippen LogP contribution in [0.1, 0.15) is 26.5 Å². The molecule has 0 aliphatic heterocycles. The predicted molar refractivity (Wildman–Crippen MR) is 59.6 cm³/mol. The van der Waals surface area contributed by atoms with Gasteiger partial charge in [0, 0.05) is 11.6 Å². The predicted octanol–water partition coefficient (Wildman–Crippen LogP) is 3.01. The van der Waals surface area contributed by atoms with Crippen molar-refractivity contribution in [1.82, 2.24) is 9.78 Å². The van der Waals surface area contributed by atoms with E-state index in [4.69, 9.17) is 5.11 Å². The van der Waals surface area contributed by atoms with E-state index in [0.29, 0.717) is 0 Å². The lowest BCUT2D eigenvalue weighted by molar-refractivity contribution is -0.141. The van der Waals surface area contributed by atoms with E-state index >= 15 is 0 Å². The summed E-state index contributed by atoms with van der Waals surface area (Å²) >= 11 is 0. The van der Waals surface area contributed by atoms with E-state index in [0.717, 1.165) is 16.9 Å². The zero-order valence-corrected chi connectivity index (χ0v) is 10.7. The molecule has 0 radical (unpaired) electrons. The van der Waals surface area contributed by atoms with Gasteiger partial charge in [-0.3, -0.25) is 4.68 Å². The fourth-order valence-corrected chi connectivity index (χ4v) is 1.39. The van der Waals surface area contributed by atoms with Crippen LogP contribution < -0.4 is 0 Å². The normalized spacial score (nSPS) is 14.2. The third-order valence-corrected chi connectivity index (χ3v) is 2.49. The monoisotopic (exact) mass is 280 g/mol. The van der Waals surface area contributed by atoms with E-state index in [1.165, 1.54) is 0 Å². The number of alkyl halides is 3. The summed E-state index contributed by atoms with van der Waals surface area (Å²) in [6, 6.07) is 0.834. The molecule has 0 spiro atoms. The molecule has 0 unspecified atom stereocenters. The van der Waals surface area contributed by atoms with Crippen molar-refractivity contribution in [2.45, 2.75) is 39.6 Å². The standard InChI is InChI=1S/C11H15F3N2O3/c1-10(2,3)8(19-9(17)18)6-16-5-4-7(15-16)11(12,13)14/h4-5,8H,6H2,1-3H3,(H,17,18)/t8-/m1/s1. The number of ether oxygens (including phenoxy) is 1. The Hall–Kier alpha value is -1.73. The van der Waals surface area contributed by atoms with Crippen LogP contribution in [0, 0.1) is 5.41 Å². The van der Waals surface area contributed by atoms with Crippen LogP contribution in [0.3, 0.4) is 0 Å². The molecule has 1 aromatic heterocycles. The summed E-state index contributed by atoms with van der Waals surface area (Å²) in [5.41, 5.74) is -1.57. The number of rotatable bonds is 3. The molecule has 0 fully saturated rings. The van der Waals surface area contributed by atoms with Crippen LogP contribution in [0.25, 0.3) is 0 Å². The maximum Gasteiger partial charge on any atom is 0.506 e. The van der Waals surface area contributed by atoms with Crippen molar-refractivity contribution < 1.29 is 27.8 Å². The molecule has 0 aliphatic carbocycles. The SMILES string of the molecule is CC(C)(C)[C@@H](Cn1ccc(C(F)(F)F)n1)OC(=O)O. The molecule has 0 aliphatic rings. The zero-order chi connectivity index (χ0) is 14.8. The molecule has 108 valence electrons. The lowest BCUT2D eigenvalue weighted by atomic mass is 9.89. The number of aromatic nitrogens is 2. The summed E-state index contributed by atoms with van der Waals surface area (Å²) in [6.45, 7) is 5.12. The van der Waals surface area contributed by atoms with E-state index in [2.05, 4.69) is 9.84 Å². The first kappa shape index (κ1) is 15.3. The Balaban J connectivity index is 2.85. The largest absolute Gasteiger partial charge is 0.506 e. The van der Waals surface area contributed by atoms with Gasteiger partial charge in [-0.05, 0) is 6.07 Å². The molecular formula is C11H15F3N2O3. The van der Waals surface area contributed by atoms with Crippen LogP contribution in [-0.2, 0) is 17.5 Å². The molecular weight excluding hydrogens is 265 g/mol. The van der Waals surface area contributed by atoms with Crippen molar-refractivity contribution in [3.05, 3.63) is 18.0 Å². The summed E-state index contributed by atoms with van der Waals surface area (Å²) in [5, 5.41) is 12.0. The maximum atomic E-state index is 12.4. The number of carbonyl (C=O) groups is 1. The molecule has 0 bridgehead atoms. The first-order chi connectivity index (χ1) is 8.50. The quantitative estimate of drug-likeness (QED) is 0.864. The molecule has 8 heteroatoms. The second-order valence-corrected chi connectivity index (χ2v) is 5.16. The number of carboxylic acid groups (broad SMARTS) is 1. The minimum Gasteiger partial charge on any atom is -0.450 e. The minimum absolute atomic E-state index is 0.0775. The van der Waals surface area contributed by atoms with E-state index in [1.54, 1.807) is 20.8 Å². The summed E-state index contributed by atoms with van der Waals surface area (Å²) in [7, 11) is 0. The van der Waals surface area contributed by atoms with Gasteiger partial charge in [0.25, 0.3) is 0 Å². The van der Waals surface area contributed by atoms with Gasteiger partial charge in [0.2, 0.25) is 0 Å². The van der Waals surface area contributed by atoms with Gasteiger partial charge >= 0.3 is 12.3 Å². The van der Waals surface area contributed by atoms with E-state index in [9.17, 15) is 18.0 Å². The molecule has 19 heavy (non-hydrogen) atoms. The third-order valence-electron chi connectivity index (χ3n) is 2.49. The Morgan fingerprint density at radius 3 is 2.42 bits per heavy atom. The van der Waals surface area contributed by atoms with Crippen LogP contribution in [0.15, 0.2) is 12.3 Å². The molecule has 1 aromatic rings. The molecule has 0 saturated carbocycles. The average molecular weight is 280 g/mol. The van der Waals surface area contributed by atoms with Gasteiger partial charge in [0.05, 0.1) is 6.54 Å². The molecule has 1 atom stereocenters. The van der Waals surface area contributed by atoms with Crippen molar-refractivity contribution in [3.63, 3.8) is 0 Å². The fourth-order valence-electron chi connectivity index (χ4n) is 1.39. The highest BCUT2D eigenvalue weighted by atomic mass is 19.4. The number of hydrogen-bond acceptors (Lipinski definition) is 3.